The molecule has 3 N–H and O–H groups in total. The molecule has 0 saturated heterocycles. The Hall–Kier alpha value is -1.85. The average Bonchev–Trinajstić information content (AvgIpc) is 2.50. The topological polar surface area (TPSA) is 62.8 Å². The summed E-state index contributed by atoms with van der Waals surface area (Å²) in [4.78, 5) is 3.95. The molecule has 0 saturated carbocycles. The molecule has 0 radical (unpaired) electrons. The fourth-order valence-corrected chi connectivity index (χ4v) is 2.20. The van der Waals surface area contributed by atoms with E-state index in [1.54, 1.807) is 6.07 Å². The minimum absolute atomic E-state index is 0.209. The molecule has 0 bridgehead atoms. The molecule has 1 rings (SSSR count). The number of hydrogen-bond donors (Lipinski definition) is 2. The van der Waals surface area contributed by atoms with E-state index in [0.717, 1.165) is 24.8 Å². The van der Waals surface area contributed by atoms with E-state index in [9.17, 15) is 13.2 Å². The number of aryl methyl sites for hydroxylation is 1. The Morgan fingerprint density at radius 2 is 1.87 bits per heavy atom. The first-order valence-electron chi connectivity index (χ1n) is 7.92. The fourth-order valence-electron chi connectivity index (χ4n) is 2.20. The molecule has 0 spiro atoms. The summed E-state index contributed by atoms with van der Waals surface area (Å²) < 4.78 is 37.2. The van der Waals surface area contributed by atoms with Crippen LogP contribution in [-0.2, 0) is 6.42 Å². The molecule has 0 aliphatic carbocycles. The van der Waals surface area contributed by atoms with Gasteiger partial charge in [0.2, 0.25) is 0 Å². The summed E-state index contributed by atoms with van der Waals surface area (Å²) in [6, 6.07) is 3.49. The van der Waals surface area contributed by atoms with E-state index in [2.05, 4.69) is 11.9 Å². The van der Waals surface area contributed by atoms with Crippen molar-refractivity contribution in [3.8, 4) is 0 Å². The monoisotopic (exact) mass is 327 g/mol. The normalized spacial score (nSPS) is 12.4. The lowest BCUT2D eigenvalue weighted by atomic mass is 10.0. The Kier molecular flexibility index (Phi) is 7.78. The number of rotatable bonds is 9. The van der Waals surface area contributed by atoms with Crippen molar-refractivity contribution >= 4 is 5.71 Å². The first-order valence-corrected chi connectivity index (χ1v) is 7.92. The van der Waals surface area contributed by atoms with Gasteiger partial charge in [-0.2, -0.15) is 13.2 Å². The number of alkyl halides is 3. The van der Waals surface area contributed by atoms with E-state index >= 15 is 0 Å². The van der Waals surface area contributed by atoms with Gasteiger partial charge in [-0.1, -0.05) is 39.0 Å². The van der Waals surface area contributed by atoms with Crippen LogP contribution >= 0.6 is 0 Å². The maximum Gasteiger partial charge on any atom is 0.430 e. The minimum Gasteiger partial charge on any atom is -0.395 e. The van der Waals surface area contributed by atoms with Crippen LogP contribution in [0.2, 0.25) is 0 Å². The number of nitrogens with one attached hydrogen (secondary N) is 1. The number of nitrogens with two attached hydrogens (primary N) is 1. The third kappa shape index (κ3) is 7.30. The van der Waals surface area contributed by atoms with Crippen LogP contribution in [0.5, 0.6) is 0 Å². The van der Waals surface area contributed by atoms with Crippen LogP contribution in [0.3, 0.4) is 0 Å². The van der Waals surface area contributed by atoms with Crippen LogP contribution in [0, 0.1) is 5.41 Å². The predicted molar refractivity (Wildman–Crippen MR) is 86.5 cm³/mol. The molecule has 0 aliphatic heterocycles. The Bertz CT molecular complexity index is 536. The standard InChI is InChI=1S/C17H24F3N3/c1-2-3-4-5-6-7-8-13-9-10-23-15(11-13)14(21)12-16(22)17(18,19)20/h9-12,21H,2-8,22H2,1H3. The van der Waals surface area contributed by atoms with Crippen LogP contribution in [0.25, 0.3) is 0 Å². The van der Waals surface area contributed by atoms with Crippen molar-refractivity contribution in [1.29, 1.82) is 5.41 Å². The second-order valence-corrected chi connectivity index (χ2v) is 5.58. The molecule has 0 aromatic carbocycles. The van der Waals surface area contributed by atoms with Crippen molar-refractivity contribution < 1.29 is 13.2 Å². The second kappa shape index (κ2) is 9.33. The molecule has 0 amide bonds. The van der Waals surface area contributed by atoms with Crippen molar-refractivity contribution in [2.24, 2.45) is 5.73 Å². The van der Waals surface area contributed by atoms with Gasteiger partial charge in [-0.15, -0.1) is 0 Å². The van der Waals surface area contributed by atoms with Crippen molar-refractivity contribution in [2.75, 3.05) is 0 Å². The van der Waals surface area contributed by atoms with E-state index in [1.807, 2.05) is 6.07 Å². The molecular weight excluding hydrogens is 303 g/mol. The Labute approximate surface area is 135 Å². The highest BCUT2D eigenvalue weighted by atomic mass is 19.4. The molecule has 128 valence electrons. The minimum atomic E-state index is -4.62. The lowest BCUT2D eigenvalue weighted by Gasteiger charge is -2.07. The molecule has 1 aromatic rings. The van der Waals surface area contributed by atoms with E-state index in [1.165, 1.54) is 31.9 Å². The number of unbranched alkanes of at least 4 members (excludes halogenated alkanes) is 5. The van der Waals surface area contributed by atoms with Crippen molar-refractivity contribution in [3.05, 3.63) is 41.4 Å². The van der Waals surface area contributed by atoms with Crippen molar-refractivity contribution in [1.82, 2.24) is 4.98 Å². The van der Waals surface area contributed by atoms with Gasteiger partial charge < -0.3 is 5.73 Å². The number of hydrogen-bond acceptors (Lipinski definition) is 3. The maximum atomic E-state index is 12.4. The number of aromatic nitrogens is 1. The summed E-state index contributed by atoms with van der Waals surface area (Å²) in [5.41, 5.74) is 4.51. The smallest absolute Gasteiger partial charge is 0.395 e. The lowest BCUT2D eigenvalue weighted by Crippen LogP contribution is -2.20. The summed E-state index contributed by atoms with van der Waals surface area (Å²) in [7, 11) is 0. The van der Waals surface area contributed by atoms with Gasteiger partial charge in [0.05, 0.1) is 11.4 Å². The van der Waals surface area contributed by atoms with E-state index in [-0.39, 0.29) is 11.4 Å². The molecule has 1 aromatic heterocycles. The highest BCUT2D eigenvalue weighted by Gasteiger charge is 2.31. The SMILES string of the molecule is CCCCCCCCc1ccnc(C(=N)C=C(N)C(F)(F)F)c1. The van der Waals surface area contributed by atoms with Crippen molar-refractivity contribution in [2.45, 2.75) is 58.0 Å². The quantitative estimate of drug-likeness (QED) is 0.507. The van der Waals surface area contributed by atoms with E-state index in [0.29, 0.717) is 6.08 Å². The third-order valence-corrected chi connectivity index (χ3v) is 3.55. The van der Waals surface area contributed by atoms with Gasteiger partial charge in [0.25, 0.3) is 0 Å². The zero-order valence-electron chi connectivity index (χ0n) is 13.4. The molecule has 0 atom stereocenters. The first kappa shape index (κ1) is 19.2. The summed E-state index contributed by atoms with van der Waals surface area (Å²) in [5.74, 6) is 0. The Balaban J connectivity index is 2.58. The van der Waals surface area contributed by atoms with Gasteiger partial charge in [-0.25, -0.2) is 0 Å². The van der Waals surface area contributed by atoms with Gasteiger partial charge in [-0.3, -0.25) is 10.4 Å². The van der Waals surface area contributed by atoms with Gasteiger partial charge in [-0.05, 0) is 36.6 Å². The molecule has 0 fully saturated rings. The summed E-state index contributed by atoms with van der Waals surface area (Å²) >= 11 is 0. The van der Waals surface area contributed by atoms with Crippen LogP contribution in [-0.4, -0.2) is 16.9 Å². The molecular formula is C17H24F3N3. The number of allylic oxidation sites excluding steroid dienone is 2. The maximum absolute atomic E-state index is 12.4. The van der Waals surface area contributed by atoms with E-state index in [4.69, 9.17) is 11.1 Å². The van der Waals surface area contributed by atoms with Gasteiger partial charge in [0.15, 0.2) is 0 Å². The number of pyridine rings is 1. The summed E-state index contributed by atoms with van der Waals surface area (Å²) in [5, 5.41) is 7.71. The van der Waals surface area contributed by atoms with Crippen molar-refractivity contribution in [3.63, 3.8) is 0 Å². The fraction of sp³-hybridized carbons (Fsp3) is 0.529. The highest BCUT2D eigenvalue weighted by Crippen LogP contribution is 2.21. The zero-order chi connectivity index (χ0) is 17.3. The van der Waals surface area contributed by atoms with Gasteiger partial charge in [0.1, 0.15) is 5.70 Å². The molecule has 23 heavy (non-hydrogen) atoms. The molecule has 0 aliphatic rings. The Morgan fingerprint density at radius 3 is 2.52 bits per heavy atom. The largest absolute Gasteiger partial charge is 0.430 e. The van der Waals surface area contributed by atoms with E-state index < -0.39 is 11.9 Å². The van der Waals surface area contributed by atoms with Crippen LogP contribution in [0.4, 0.5) is 13.2 Å². The van der Waals surface area contributed by atoms with Crippen LogP contribution in [0.15, 0.2) is 30.1 Å². The number of halogens is 3. The average molecular weight is 327 g/mol. The molecule has 3 nitrogen and oxygen atoms in total. The van der Waals surface area contributed by atoms with Crippen LogP contribution < -0.4 is 5.73 Å². The Morgan fingerprint density at radius 1 is 1.22 bits per heavy atom. The predicted octanol–water partition coefficient (Wildman–Crippen LogP) is 4.76. The molecule has 6 heteroatoms. The second-order valence-electron chi connectivity index (χ2n) is 5.58. The molecule has 1 heterocycles. The molecule has 0 unspecified atom stereocenters. The number of nitrogens with zero attached hydrogens (tertiary/aromatic N) is 1. The van der Waals surface area contributed by atoms with Gasteiger partial charge >= 0.3 is 6.18 Å². The first-order chi connectivity index (χ1) is 10.8. The third-order valence-electron chi connectivity index (χ3n) is 3.55. The lowest BCUT2D eigenvalue weighted by molar-refractivity contribution is -0.0925. The summed E-state index contributed by atoms with van der Waals surface area (Å²) in [6.45, 7) is 2.17. The summed E-state index contributed by atoms with van der Waals surface area (Å²) in [6.07, 6.45) is 5.42. The van der Waals surface area contributed by atoms with Crippen LogP contribution in [0.1, 0.15) is 56.7 Å². The van der Waals surface area contributed by atoms with Gasteiger partial charge in [0, 0.05) is 6.20 Å². The zero-order valence-corrected chi connectivity index (χ0v) is 13.4. The highest BCUT2D eigenvalue weighted by molar-refractivity contribution is 6.05.